The van der Waals surface area contributed by atoms with E-state index >= 15 is 0 Å². The first-order valence-corrected chi connectivity index (χ1v) is 10.6. The summed E-state index contributed by atoms with van der Waals surface area (Å²) in [6.45, 7) is 2.87. The highest BCUT2D eigenvalue weighted by Gasteiger charge is 2.25. The van der Waals surface area contributed by atoms with Gasteiger partial charge in [0, 0.05) is 17.5 Å². The van der Waals surface area contributed by atoms with Crippen molar-refractivity contribution >= 4 is 28.3 Å². The number of benzene rings is 1. The molecule has 150 valence electrons. The summed E-state index contributed by atoms with van der Waals surface area (Å²) in [5, 5.41) is 4.73. The van der Waals surface area contributed by atoms with Crippen LogP contribution in [0.4, 0.5) is 5.13 Å². The van der Waals surface area contributed by atoms with Crippen LogP contribution in [0.5, 0.6) is 0 Å². The van der Waals surface area contributed by atoms with Crippen molar-refractivity contribution in [2.24, 2.45) is 0 Å². The summed E-state index contributed by atoms with van der Waals surface area (Å²) in [4.78, 5) is 33.7. The largest absolute Gasteiger partial charge is 0.461 e. The monoisotopic (exact) mass is 410 g/mol. The minimum absolute atomic E-state index is 0.195. The summed E-state index contributed by atoms with van der Waals surface area (Å²) >= 11 is 1.19. The molecular formula is C21H22N4O3S. The Kier molecular flexibility index (Phi) is 5.71. The molecule has 0 aliphatic carbocycles. The van der Waals surface area contributed by atoms with Crippen molar-refractivity contribution in [3.63, 3.8) is 0 Å². The van der Waals surface area contributed by atoms with E-state index in [4.69, 9.17) is 9.72 Å². The molecule has 0 fully saturated rings. The number of hydrogen-bond donors (Lipinski definition) is 1. The topological polar surface area (TPSA) is 86.1 Å². The van der Waals surface area contributed by atoms with Crippen molar-refractivity contribution in [3.8, 4) is 11.4 Å². The molecule has 1 aliphatic heterocycles. The van der Waals surface area contributed by atoms with Gasteiger partial charge in [-0.25, -0.2) is 14.8 Å². The minimum Gasteiger partial charge on any atom is -0.461 e. The number of aromatic nitrogens is 3. The fourth-order valence-electron chi connectivity index (χ4n) is 3.50. The smallest absolute Gasteiger partial charge is 0.357 e. The van der Waals surface area contributed by atoms with Gasteiger partial charge in [0.1, 0.15) is 11.5 Å². The van der Waals surface area contributed by atoms with Gasteiger partial charge >= 0.3 is 5.97 Å². The fourth-order valence-corrected chi connectivity index (χ4v) is 4.17. The number of nitrogens with zero attached hydrogens (tertiary/aromatic N) is 3. The molecule has 0 saturated heterocycles. The molecule has 1 amide bonds. The van der Waals surface area contributed by atoms with E-state index in [0.717, 1.165) is 49.3 Å². The van der Waals surface area contributed by atoms with Gasteiger partial charge < -0.3 is 9.30 Å². The molecule has 2 aromatic heterocycles. The molecule has 1 aromatic carbocycles. The number of carbonyl (C=O) groups is 2. The SMILES string of the molecule is CCOC(=O)c1csc(NC(=O)c2nc(-c3ccccc3)n3c2CCCCC3)n1. The van der Waals surface area contributed by atoms with Crippen LogP contribution in [-0.4, -0.2) is 33.0 Å². The van der Waals surface area contributed by atoms with Gasteiger partial charge in [0.25, 0.3) is 5.91 Å². The Labute approximate surface area is 172 Å². The highest BCUT2D eigenvalue weighted by atomic mass is 32.1. The van der Waals surface area contributed by atoms with Crippen LogP contribution in [0.25, 0.3) is 11.4 Å². The number of rotatable bonds is 5. The van der Waals surface area contributed by atoms with E-state index in [2.05, 4.69) is 14.9 Å². The lowest BCUT2D eigenvalue weighted by atomic mass is 10.1. The summed E-state index contributed by atoms with van der Waals surface area (Å²) in [7, 11) is 0. The Morgan fingerprint density at radius 1 is 1.17 bits per heavy atom. The van der Waals surface area contributed by atoms with Crippen LogP contribution in [0.3, 0.4) is 0 Å². The normalized spacial score (nSPS) is 13.4. The van der Waals surface area contributed by atoms with Gasteiger partial charge in [0.15, 0.2) is 10.8 Å². The summed E-state index contributed by atoms with van der Waals surface area (Å²) in [5.74, 6) is 0.0214. The molecule has 1 aliphatic rings. The van der Waals surface area contributed by atoms with Gasteiger partial charge in [-0.15, -0.1) is 11.3 Å². The number of ether oxygens (including phenoxy) is 1. The lowest BCUT2D eigenvalue weighted by Crippen LogP contribution is -2.15. The number of imidazole rings is 1. The lowest BCUT2D eigenvalue weighted by molar-refractivity contribution is 0.0520. The van der Waals surface area contributed by atoms with E-state index in [0.29, 0.717) is 10.8 Å². The molecular weight excluding hydrogens is 388 g/mol. The Balaban J connectivity index is 1.63. The quantitative estimate of drug-likeness (QED) is 0.638. The summed E-state index contributed by atoms with van der Waals surface area (Å²) in [6, 6.07) is 9.93. The molecule has 0 unspecified atom stereocenters. The van der Waals surface area contributed by atoms with E-state index in [1.54, 1.807) is 12.3 Å². The average Bonchev–Trinajstić information content (AvgIpc) is 3.26. The number of anilines is 1. The Bertz CT molecular complexity index is 1030. The van der Waals surface area contributed by atoms with E-state index in [1.807, 2.05) is 30.3 Å². The second-order valence-electron chi connectivity index (χ2n) is 6.77. The van der Waals surface area contributed by atoms with E-state index < -0.39 is 5.97 Å². The third kappa shape index (κ3) is 4.07. The molecule has 3 aromatic rings. The van der Waals surface area contributed by atoms with Gasteiger partial charge in [0.2, 0.25) is 0 Å². The van der Waals surface area contributed by atoms with Crippen molar-refractivity contribution in [2.45, 2.75) is 39.2 Å². The van der Waals surface area contributed by atoms with Gasteiger partial charge in [-0.1, -0.05) is 36.8 Å². The van der Waals surface area contributed by atoms with E-state index in [9.17, 15) is 9.59 Å². The molecule has 1 N–H and O–H groups in total. The highest BCUT2D eigenvalue weighted by molar-refractivity contribution is 7.14. The molecule has 7 nitrogen and oxygen atoms in total. The minimum atomic E-state index is -0.494. The first-order chi connectivity index (χ1) is 14.2. The zero-order valence-electron chi connectivity index (χ0n) is 16.2. The third-order valence-corrected chi connectivity index (χ3v) is 5.58. The Morgan fingerprint density at radius 3 is 2.79 bits per heavy atom. The first-order valence-electron chi connectivity index (χ1n) is 9.76. The van der Waals surface area contributed by atoms with Crippen molar-refractivity contribution in [3.05, 3.63) is 52.8 Å². The summed E-state index contributed by atoms with van der Waals surface area (Å²) in [5.41, 5.74) is 2.58. The van der Waals surface area contributed by atoms with Crippen LogP contribution in [0, 0.1) is 0 Å². The molecule has 0 radical (unpaired) electrons. The fraction of sp³-hybridized carbons (Fsp3) is 0.333. The molecule has 29 heavy (non-hydrogen) atoms. The third-order valence-electron chi connectivity index (χ3n) is 4.82. The van der Waals surface area contributed by atoms with Crippen molar-refractivity contribution < 1.29 is 14.3 Å². The van der Waals surface area contributed by atoms with Crippen molar-refractivity contribution in [1.82, 2.24) is 14.5 Å². The number of hydrogen-bond acceptors (Lipinski definition) is 6. The number of esters is 1. The standard InChI is InChI=1S/C21H22N4O3S/c1-2-28-20(27)15-13-29-21(22-15)24-19(26)17-16-11-7-4-8-12-25(16)18(23-17)14-9-5-3-6-10-14/h3,5-6,9-10,13H,2,4,7-8,11-12H2,1H3,(H,22,24,26). The maximum absolute atomic E-state index is 13.0. The second kappa shape index (κ2) is 8.57. The maximum Gasteiger partial charge on any atom is 0.357 e. The maximum atomic E-state index is 13.0. The molecule has 8 heteroatoms. The number of nitrogens with one attached hydrogen (secondary N) is 1. The number of carbonyl (C=O) groups excluding carboxylic acids is 2. The lowest BCUT2D eigenvalue weighted by Gasteiger charge is -2.08. The average molecular weight is 410 g/mol. The van der Waals surface area contributed by atoms with Crippen LogP contribution >= 0.6 is 11.3 Å². The predicted molar refractivity (Wildman–Crippen MR) is 111 cm³/mol. The predicted octanol–water partition coefficient (Wildman–Crippen LogP) is 4.16. The van der Waals surface area contributed by atoms with Crippen molar-refractivity contribution in [1.29, 1.82) is 0 Å². The van der Waals surface area contributed by atoms with Gasteiger partial charge in [-0.2, -0.15) is 0 Å². The first kappa shape index (κ1) is 19.3. The Morgan fingerprint density at radius 2 is 2.00 bits per heavy atom. The van der Waals surface area contributed by atoms with Crippen LogP contribution < -0.4 is 5.32 Å². The highest BCUT2D eigenvalue weighted by Crippen LogP contribution is 2.28. The Hall–Kier alpha value is -3.00. The van der Waals surface area contributed by atoms with Crippen LogP contribution in [0.15, 0.2) is 35.7 Å². The zero-order chi connectivity index (χ0) is 20.2. The molecule has 0 saturated carbocycles. The van der Waals surface area contributed by atoms with E-state index in [1.165, 1.54) is 11.3 Å². The van der Waals surface area contributed by atoms with Gasteiger partial charge in [0.05, 0.1) is 12.3 Å². The zero-order valence-corrected chi connectivity index (χ0v) is 17.0. The summed E-state index contributed by atoms with van der Waals surface area (Å²) < 4.78 is 7.12. The molecule has 4 rings (SSSR count). The summed E-state index contributed by atoms with van der Waals surface area (Å²) in [6.07, 6.45) is 4.05. The molecule has 0 spiro atoms. The molecule has 3 heterocycles. The van der Waals surface area contributed by atoms with Gasteiger partial charge in [-0.3, -0.25) is 10.1 Å². The molecule has 0 bridgehead atoms. The van der Waals surface area contributed by atoms with Crippen LogP contribution in [0.1, 0.15) is 52.9 Å². The number of thiazole rings is 1. The van der Waals surface area contributed by atoms with Crippen LogP contribution in [0.2, 0.25) is 0 Å². The number of amides is 1. The van der Waals surface area contributed by atoms with E-state index in [-0.39, 0.29) is 18.2 Å². The number of fused-ring (bicyclic) bond motifs is 1. The van der Waals surface area contributed by atoms with Crippen molar-refractivity contribution in [2.75, 3.05) is 11.9 Å². The van der Waals surface area contributed by atoms with Crippen LogP contribution in [-0.2, 0) is 17.7 Å². The van der Waals surface area contributed by atoms with Gasteiger partial charge in [-0.05, 0) is 26.2 Å². The molecule has 0 atom stereocenters. The second-order valence-corrected chi connectivity index (χ2v) is 7.63.